The molecule has 130 valence electrons. The van der Waals surface area contributed by atoms with Gasteiger partial charge in [-0.15, -0.1) is 5.10 Å². The number of aromatic nitrogens is 4. The molecule has 2 aromatic heterocycles. The van der Waals surface area contributed by atoms with Crippen LogP contribution in [0.25, 0.3) is 5.82 Å². The summed E-state index contributed by atoms with van der Waals surface area (Å²) in [4.78, 5) is 12.6. The Kier molecular flexibility index (Phi) is 5.19. The summed E-state index contributed by atoms with van der Waals surface area (Å²) in [7, 11) is 0. The molecule has 1 amide bonds. The van der Waals surface area contributed by atoms with Crippen molar-refractivity contribution in [2.24, 2.45) is 0 Å². The largest absolute Gasteiger partial charge is 0.348 e. The molecule has 0 aliphatic rings. The van der Waals surface area contributed by atoms with Gasteiger partial charge in [-0.1, -0.05) is 35.9 Å². The van der Waals surface area contributed by atoms with Gasteiger partial charge in [0, 0.05) is 23.5 Å². The highest BCUT2D eigenvalue weighted by Gasteiger charge is 2.22. The lowest BCUT2D eigenvalue weighted by molar-refractivity contribution is 0.0934. The Hall–Kier alpha value is -2.60. The summed E-state index contributed by atoms with van der Waals surface area (Å²) in [6.07, 6.45) is 4.58. The lowest BCUT2D eigenvalue weighted by atomic mass is 10.2. The predicted molar refractivity (Wildman–Crippen MR) is 97.1 cm³/mol. The van der Waals surface area contributed by atoms with Crippen molar-refractivity contribution in [3.8, 4) is 5.82 Å². The second kappa shape index (κ2) is 7.53. The molecular weight excluding hydrogens is 338 g/mol. The zero-order valence-corrected chi connectivity index (χ0v) is 14.9. The summed E-state index contributed by atoms with van der Waals surface area (Å²) in [5.41, 5.74) is 1.29. The first-order chi connectivity index (χ1) is 12.1. The fraction of sp³-hybridized carbons (Fsp3) is 0.278. The Morgan fingerprint density at radius 1 is 1.28 bits per heavy atom. The molecule has 0 aliphatic carbocycles. The van der Waals surface area contributed by atoms with E-state index in [9.17, 15) is 4.79 Å². The van der Waals surface area contributed by atoms with Crippen LogP contribution in [0.5, 0.6) is 0 Å². The SMILES string of the molecule is CC[C@@H](C)NC(=O)c1nnn(Cc2cccc(Cl)c2)c1-n1cccc1. The van der Waals surface area contributed by atoms with Crippen LogP contribution in [0.3, 0.4) is 0 Å². The van der Waals surface area contributed by atoms with Crippen LogP contribution in [0.4, 0.5) is 0 Å². The van der Waals surface area contributed by atoms with E-state index < -0.39 is 0 Å². The zero-order chi connectivity index (χ0) is 17.8. The molecule has 1 aromatic carbocycles. The van der Waals surface area contributed by atoms with E-state index in [-0.39, 0.29) is 11.9 Å². The molecule has 3 rings (SSSR count). The maximum Gasteiger partial charge on any atom is 0.275 e. The van der Waals surface area contributed by atoms with Gasteiger partial charge < -0.3 is 9.88 Å². The Morgan fingerprint density at radius 2 is 2.04 bits per heavy atom. The molecule has 1 atom stereocenters. The predicted octanol–water partition coefficient (Wildman–Crippen LogP) is 3.30. The lowest BCUT2D eigenvalue weighted by Gasteiger charge is -2.12. The van der Waals surface area contributed by atoms with Crippen LogP contribution >= 0.6 is 11.6 Å². The van der Waals surface area contributed by atoms with Crippen molar-refractivity contribution in [1.29, 1.82) is 0 Å². The highest BCUT2D eigenvalue weighted by atomic mass is 35.5. The minimum absolute atomic E-state index is 0.0723. The molecular formula is C18H20ClN5O. The quantitative estimate of drug-likeness (QED) is 0.736. The lowest BCUT2D eigenvalue weighted by Crippen LogP contribution is -2.33. The van der Waals surface area contributed by atoms with Crippen LogP contribution < -0.4 is 5.32 Å². The minimum atomic E-state index is -0.226. The van der Waals surface area contributed by atoms with Crippen molar-refractivity contribution < 1.29 is 4.79 Å². The third kappa shape index (κ3) is 3.91. The number of amides is 1. The molecule has 2 heterocycles. The summed E-state index contributed by atoms with van der Waals surface area (Å²) in [5.74, 6) is 0.404. The van der Waals surface area contributed by atoms with Crippen molar-refractivity contribution in [3.63, 3.8) is 0 Å². The average Bonchev–Trinajstić information content (AvgIpc) is 3.23. The van der Waals surface area contributed by atoms with E-state index in [1.165, 1.54) is 0 Å². The number of carbonyl (C=O) groups is 1. The van der Waals surface area contributed by atoms with Gasteiger partial charge in [0.2, 0.25) is 0 Å². The first kappa shape index (κ1) is 17.2. The van der Waals surface area contributed by atoms with E-state index in [1.54, 1.807) is 4.68 Å². The number of nitrogens with one attached hydrogen (secondary N) is 1. The first-order valence-corrected chi connectivity index (χ1v) is 8.58. The van der Waals surface area contributed by atoms with E-state index >= 15 is 0 Å². The number of hydrogen-bond acceptors (Lipinski definition) is 3. The van der Waals surface area contributed by atoms with Gasteiger partial charge in [-0.2, -0.15) is 0 Å². The molecule has 0 radical (unpaired) electrons. The monoisotopic (exact) mass is 357 g/mol. The van der Waals surface area contributed by atoms with Crippen molar-refractivity contribution in [3.05, 3.63) is 65.1 Å². The van der Waals surface area contributed by atoms with E-state index in [2.05, 4.69) is 15.6 Å². The molecule has 0 bridgehead atoms. The number of nitrogens with zero attached hydrogens (tertiary/aromatic N) is 4. The maximum atomic E-state index is 12.6. The molecule has 1 N–H and O–H groups in total. The van der Waals surface area contributed by atoms with Gasteiger partial charge in [0.25, 0.3) is 5.91 Å². The van der Waals surface area contributed by atoms with Gasteiger partial charge in [0.1, 0.15) is 0 Å². The van der Waals surface area contributed by atoms with Crippen molar-refractivity contribution >= 4 is 17.5 Å². The van der Waals surface area contributed by atoms with Gasteiger partial charge in [-0.3, -0.25) is 4.79 Å². The second-order valence-electron chi connectivity index (χ2n) is 5.92. The Balaban J connectivity index is 1.97. The fourth-order valence-electron chi connectivity index (χ4n) is 2.50. The number of hydrogen-bond donors (Lipinski definition) is 1. The van der Waals surface area contributed by atoms with Crippen LogP contribution in [0, 0.1) is 0 Å². The summed E-state index contributed by atoms with van der Waals surface area (Å²) >= 11 is 6.06. The normalized spacial score (nSPS) is 12.1. The standard InChI is InChI=1S/C18H20ClN5O/c1-3-13(2)20-17(25)16-18(23-9-4-5-10-23)24(22-21-16)12-14-7-6-8-15(19)11-14/h4-11,13H,3,12H2,1-2H3,(H,20,25)/t13-/m1/s1. The summed E-state index contributed by atoms with van der Waals surface area (Å²) in [6.45, 7) is 4.45. The van der Waals surface area contributed by atoms with Crippen LogP contribution in [0.2, 0.25) is 5.02 Å². The Morgan fingerprint density at radius 3 is 2.72 bits per heavy atom. The summed E-state index contributed by atoms with van der Waals surface area (Å²) in [5, 5.41) is 11.9. The third-order valence-corrected chi connectivity index (χ3v) is 4.22. The number of carbonyl (C=O) groups excluding carboxylic acids is 1. The van der Waals surface area contributed by atoms with Gasteiger partial charge in [-0.05, 0) is 43.2 Å². The van der Waals surface area contributed by atoms with E-state index in [4.69, 9.17) is 11.6 Å². The molecule has 3 aromatic rings. The molecule has 0 aliphatic heterocycles. The Labute approximate surface area is 151 Å². The van der Waals surface area contributed by atoms with Crippen molar-refractivity contribution in [2.45, 2.75) is 32.9 Å². The number of benzene rings is 1. The maximum absolute atomic E-state index is 12.6. The van der Waals surface area contributed by atoms with Gasteiger partial charge in [-0.25, -0.2) is 4.68 Å². The average molecular weight is 358 g/mol. The smallest absolute Gasteiger partial charge is 0.275 e. The molecule has 25 heavy (non-hydrogen) atoms. The molecule has 0 spiro atoms. The zero-order valence-electron chi connectivity index (χ0n) is 14.2. The molecule has 0 fully saturated rings. The molecule has 6 nitrogen and oxygen atoms in total. The first-order valence-electron chi connectivity index (χ1n) is 8.20. The fourth-order valence-corrected chi connectivity index (χ4v) is 2.71. The third-order valence-electron chi connectivity index (χ3n) is 3.98. The molecule has 0 unspecified atom stereocenters. The van der Waals surface area contributed by atoms with Crippen LogP contribution in [-0.4, -0.2) is 31.5 Å². The molecule has 0 saturated carbocycles. The van der Waals surface area contributed by atoms with E-state index in [1.807, 2.05) is 67.2 Å². The van der Waals surface area contributed by atoms with Crippen molar-refractivity contribution in [1.82, 2.24) is 24.9 Å². The minimum Gasteiger partial charge on any atom is -0.348 e. The van der Waals surface area contributed by atoms with Gasteiger partial charge >= 0.3 is 0 Å². The van der Waals surface area contributed by atoms with Crippen LogP contribution in [0.15, 0.2) is 48.8 Å². The second-order valence-corrected chi connectivity index (χ2v) is 6.36. The molecule has 7 heteroatoms. The number of halogens is 1. The topological polar surface area (TPSA) is 64.7 Å². The van der Waals surface area contributed by atoms with Crippen LogP contribution in [-0.2, 0) is 6.54 Å². The van der Waals surface area contributed by atoms with E-state index in [0.717, 1.165) is 12.0 Å². The summed E-state index contributed by atoms with van der Waals surface area (Å²) < 4.78 is 3.55. The van der Waals surface area contributed by atoms with Crippen molar-refractivity contribution in [2.75, 3.05) is 0 Å². The summed E-state index contributed by atoms with van der Waals surface area (Å²) in [6, 6.07) is 11.4. The molecule has 0 saturated heterocycles. The van der Waals surface area contributed by atoms with Gasteiger partial charge in [0.15, 0.2) is 11.5 Å². The number of rotatable bonds is 6. The Bertz CT molecular complexity index is 856. The van der Waals surface area contributed by atoms with Gasteiger partial charge in [0.05, 0.1) is 6.54 Å². The highest BCUT2D eigenvalue weighted by molar-refractivity contribution is 6.30. The van der Waals surface area contributed by atoms with Crippen LogP contribution in [0.1, 0.15) is 36.3 Å². The van der Waals surface area contributed by atoms with E-state index in [0.29, 0.717) is 23.1 Å². The highest BCUT2D eigenvalue weighted by Crippen LogP contribution is 2.17.